The summed E-state index contributed by atoms with van der Waals surface area (Å²) in [5, 5.41) is 0. The first-order chi connectivity index (χ1) is 3.30. The molecule has 1 heterocycles. The van der Waals surface area contributed by atoms with Crippen LogP contribution >= 0.6 is 11.9 Å². The normalized spacial score (nSPS) is 30.4. The summed E-state index contributed by atoms with van der Waals surface area (Å²) in [5.41, 5.74) is 5.41. The fourth-order valence-corrected chi connectivity index (χ4v) is 1.20. The highest BCUT2D eigenvalue weighted by Crippen LogP contribution is 2.17. The Morgan fingerprint density at radius 2 is 2.71 bits per heavy atom. The number of nitrogens with zero attached hydrogens (tertiary/aromatic N) is 1. The van der Waals surface area contributed by atoms with E-state index in [1.54, 1.807) is 11.9 Å². The summed E-state index contributed by atoms with van der Waals surface area (Å²) in [7, 11) is 0. The Morgan fingerprint density at radius 1 is 2.00 bits per heavy atom. The zero-order chi connectivity index (χ0) is 5.28. The third-order valence-electron chi connectivity index (χ3n) is 0.999. The summed E-state index contributed by atoms with van der Waals surface area (Å²) in [6.45, 7) is 2.08. The molecule has 0 amide bonds. The van der Waals surface area contributed by atoms with Gasteiger partial charge >= 0.3 is 0 Å². The van der Waals surface area contributed by atoms with Gasteiger partial charge in [0.15, 0.2) is 0 Å². The van der Waals surface area contributed by atoms with E-state index in [-0.39, 0.29) is 0 Å². The molecule has 0 fully saturated rings. The Kier molecular flexibility index (Phi) is 1.23. The van der Waals surface area contributed by atoms with Crippen molar-refractivity contribution >= 4 is 17.8 Å². The van der Waals surface area contributed by atoms with E-state index >= 15 is 0 Å². The highest BCUT2D eigenvalue weighted by atomic mass is 32.2. The second-order valence-electron chi connectivity index (χ2n) is 1.71. The second kappa shape index (κ2) is 1.74. The molecule has 0 aliphatic carbocycles. The van der Waals surface area contributed by atoms with Crippen LogP contribution < -0.4 is 5.73 Å². The summed E-state index contributed by atoms with van der Waals surface area (Å²) in [4.78, 5) is 0. The Balaban J connectivity index is 2.54. The molecule has 7 heavy (non-hydrogen) atoms. The van der Waals surface area contributed by atoms with Crippen LogP contribution in [0.3, 0.4) is 0 Å². The predicted molar refractivity (Wildman–Crippen MR) is 33.2 cm³/mol. The fourth-order valence-electron chi connectivity index (χ4n) is 0.399. The highest BCUT2D eigenvalue weighted by molar-refractivity contribution is 7.98. The van der Waals surface area contributed by atoms with Crippen molar-refractivity contribution in [2.75, 3.05) is 5.75 Å². The van der Waals surface area contributed by atoms with E-state index < -0.39 is 0 Å². The van der Waals surface area contributed by atoms with Crippen molar-refractivity contribution in [3.63, 3.8) is 0 Å². The van der Waals surface area contributed by atoms with E-state index in [1.807, 2.05) is 0 Å². The smallest absolute Gasteiger partial charge is 0.111 e. The van der Waals surface area contributed by atoms with Gasteiger partial charge in [0.2, 0.25) is 0 Å². The van der Waals surface area contributed by atoms with Gasteiger partial charge in [-0.05, 0) is 11.9 Å². The lowest BCUT2D eigenvalue weighted by molar-refractivity contribution is 0.908. The number of amidine groups is 1. The third-order valence-corrected chi connectivity index (χ3v) is 1.99. The second-order valence-corrected chi connectivity index (χ2v) is 2.49. The summed E-state index contributed by atoms with van der Waals surface area (Å²) >= 11 is 1.55. The molecule has 1 aliphatic heterocycles. The summed E-state index contributed by atoms with van der Waals surface area (Å²) in [5.74, 6) is 2.36. The first-order valence-electron chi connectivity index (χ1n) is 2.26. The van der Waals surface area contributed by atoms with Crippen molar-refractivity contribution in [1.29, 1.82) is 0 Å². The van der Waals surface area contributed by atoms with Crippen molar-refractivity contribution < 1.29 is 0 Å². The molecule has 2 nitrogen and oxygen atoms in total. The maximum absolute atomic E-state index is 5.41. The van der Waals surface area contributed by atoms with Gasteiger partial charge in [0, 0.05) is 11.7 Å². The Bertz CT molecular complexity index is 99.9. The zero-order valence-electron chi connectivity index (χ0n) is 4.22. The topological polar surface area (TPSA) is 38.4 Å². The minimum atomic E-state index is 0.505. The van der Waals surface area contributed by atoms with Crippen molar-refractivity contribution in [3.8, 4) is 0 Å². The van der Waals surface area contributed by atoms with Gasteiger partial charge in [-0.1, -0.05) is 6.92 Å². The maximum Gasteiger partial charge on any atom is 0.111 e. The first-order valence-corrected chi connectivity index (χ1v) is 3.20. The highest BCUT2D eigenvalue weighted by Gasteiger charge is 2.11. The van der Waals surface area contributed by atoms with Gasteiger partial charge < -0.3 is 5.73 Å². The van der Waals surface area contributed by atoms with E-state index in [4.69, 9.17) is 5.73 Å². The van der Waals surface area contributed by atoms with Crippen LogP contribution in [0.25, 0.3) is 0 Å². The molecule has 0 saturated heterocycles. The number of rotatable bonds is 0. The molecule has 0 bridgehead atoms. The van der Waals surface area contributed by atoms with Crippen molar-refractivity contribution in [2.24, 2.45) is 16.0 Å². The maximum atomic E-state index is 5.41. The van der Waals surface area contributed by atoms with E-state index in [2.05, 4.69) is 11.3 Å². The number of hydrogen-bond donors (Lipinski definition) is 1. The van der Waals surface area contributed by atoms with E-state index in [0.717, 1.165) is 11.6 Å². The molecule has 0 aromatic heterocycles. The lowest BCUT2D eigenvalue weighted by atomic mass is 10.2. The summed E-state index contributed by atoms with van der Waals surface area (Å²) < 4.78 is 3.93. The van der Waals surface area contributed by atoms with Crippen LogP contribution in [0.1, 0.15) is 6.92 Å². The largest absolute Gasteiger partial charge is 0.386 e. The molecule has 1 rings (SSSR count). The molecule has 0 aromatic rings. The molecule has 40 valence electrons. The van der Waals surface area contributed by atoms with Crippen molar-refractivity contribution in [3.05, 3.63) is 0 Å². The quantitative estimate of drug-likeness (QED) is 0.472. The monoisotopic (exact) mass is 116 g/mol. The van der Waals surface area contributed by atoms with Gasteiger partial charge in [0.05, 0.1) is 0 Å². The standard InChI is InChI=1S/C4H8N2S/c1-3-2-7-6-4(3)5/h3H,2H2,1H3,(H2,5,6). The fraction of sp³-hybridized carbons (Fsp3) is 0.750. The molecule has 0 radical (unpaired) electrons. The van der Waals surface area contributed by atoms with Crippen LogP contribution in [0, 0.1) is 5.92 Å². The molecule has 0 aromatic carbocycles. The average Bonchev–Trinajstić information content (AvgIpc) is 1.91. The van der Waals surface area contributed by atoms with Gasteiger partial charge in [0.1, 0.15) is 5.84 Å². The van der Waals surface area contributed by atoms with Gasteiger partial charge in [-0.3, -0.25) is 0 Å². The predicted octanol–water partition coefficient (Wildman–Crippen LogP) is 0.642. The Labute approximate surface area is 47.3 Å². The van der Waals surface area contributed by atoms with Gasteiger partial charge in [0.25, 0.3) is 0 Å². The molecular formula is C4H8N2S. The van der Waals surface area contributed by atoms with Crippen molar-refractivity contribution in [1.82, 2.24) is 0 Å². The molecule has 2 N–H and O–H groups in total. The molecule has 1 atom stereocenters. The molecule has 1 unspecified atom stereocenters. The van der Waals surface area contributed by atoms with Crippen molar-refractivity contribution in [2.45, 2.75) is 6.92 Å². The molecule has 3 heteroatoms. The van der Waals surface area contributed by atoms with Crippen LogP contribution in [0.4, 0.5) is 0 Å². The van der Waals surface area contributed by atoms with E-state index in [0.29, 0.717) is 5.92 Å². The van der Waals surface area contributed by atoms with Gasteiger partial charge in [-0.2, -0.15) is 0 Å². The SMILES string of the molecule is CC1CSN=C1N. The molecule has 0 saturated carbocycles. The minimum Gasteiger partial charge on any atom is -0.386 e. The first kappa shape index (κ1) is 4.97. The van der Waals surface area contributed by atoms with Crippen LogP contribution in [-0.2, 0) is 0 Å². The minimum absolute atomic E-state index is 0.505. The van der Waals surface area contributed by atoms with Gasteiger partial charge in [-0.15, -0.1) is 0 Å². The lowest BCUT2D eigenvalue weighted by Gasteiger charge is -1.94. The van der Waals surface area contributed by atoms with Crippen LogP contribution in [0.15, 0.2) is 4.40 Å². The Hall–Kier alpha value is -0.180. The molecular weight excluding hydrogens is 108 g/mol. The Morgan fingerprint density at radius 3 is 2.86 bits per heavy atom. The van der Waals surface area contributed by atoms with Crippen LogP contribution in [-0.4, -0.2) is 11.6 Å². The lowest BCUT2D eigenvalue weighted by Crippen LogP contribution is -2.17. The van der Waals surface area contributed by atoms with E-state index in [1.165, 1.54) is 0 Å². The van der Waals surface area contributed by atoms with Crippen LogP contribution in [0.5, 0.6) is 0 Å². The van der Waals surface area contributed by atoms with Gasteiger partial charge in [-0.25, -0.2) is 4.40 Å². The number of hydrogen-bond acceptors (Lipinski definition) is 3. The third kappa shape index (κ3) is 0.881. The van der Waals surface area contributed by atoms with Crippen LogP contribution in [0.2, 0.25) is 0 Å². The zero-order valence-corrected chi connectivity index (χ0v) is 5.03. The summed E-state index contributed by atoms with van der Waals surface area (Å²) in [6, 6.07) is 0. The molecule has 1 aliphatic rings. The molecule has 0 spiro atoms. The average molecular weight is 116 g/mol. The van der Waals surface area contributed by atoms with E-state index in [9.17, 15) is 0 Å². The number of nitrogens with two attached hydrogens (primary N) is 1. The summed E-state index contributed by atoms with van der Waals surface area (Å²) in [6.07, 6.45) is 0.